The monoisotopic (exact) mass is 342 g/mol. The molecule has 0 atom stereocenters. The Labute approximate surface area is 146 Å². The first-order valence-corrected chi connectivity index (χ1v) is 8.39. The van der Waals surface area contributed by atoms with E-state index in [2.05, 4.69) is 10.2 Å². The van der Waals surface area contributed by atoms with Crippen LogP contribution in [-0.4, -0.2) is 64.6 Å². The van der Waals surface area contributed by atoms with E-state index in [1.165, 1.54) is 6.20 Å². The van der Waals surface area contributed by atoms with Crippen molar-refractivity contribution in [2.24, 2.45) is 0 Å². The van der Waals surface area contributed by atoms with Crippen LogP contribution in [0.25, 0.3) is 0 Å². The van der Waals surface area contributed by atoms with E-state index in [1.807, 2.05) is 31.2 Å². The highest BCUT2D eigenvalue weighted by Gasteiger charge is 2.23. The molecular formula is C18H22N4O3. The number of para-hydroxylation sites is 1. The second-order valence-corrected chi connectivity index (χ2v) is 6.07. The number of hydrogen-bond acceptors (Lipinski definition) is 4. The van der Waals surface area contributed by atoms with Crippen molar-refractivity contribution in [1.82, 2.24) is 20.0 Å². The topological polar surface area (TPSA) is 78.5 Å². The lowest BCUT2D eigenvalue weighted by molar-refractivity contribution is -0.133. The predicted molar refractivity (Wildman–Crippen MR) is 92.4 cm³/mol. The number of H-pyrrole nitrogens is 1. The second-order valence-electron chi connectivity index (χ2n) is 6.07. The molecule has 2 aromatic rings. The number of aromatic nitrogens is 2. The Morgan fingerprint density at radius 2 is 1.92 bits per heavy atom. The lowest BCUT2D eigenvalue weighted by Gasteiger charge is -2.22. The molecule has 1 aliphatic rings. The standard InChI is InChI=1S/C18H22N4O3/c1-14-5-2-3-6-16(14)25-13-17(23)21-7-4-8-22(10-9-21)18(24)15-11-19-20-12-15/h2-3,5-6,11-12H,4,7-10,13H2,1H3,(H,19,20). The van der Waals surface area contributed by atoms with E-state index >= 15 is 0 Å². The quantitative estimate of drug-likeness (QED) is 0.913. The molecule has 3 rings (SSSR count). The van der Waals surface area contributed by atoms with Crippen molar-refractivity contribution in [3.8, 4) is 5.75 Å². The summed E-state index contributed by atoms with van der Waals surface area (Å²) in [4.78, 5) is 28.3. The number of nitrogens with zero attached hydrogens (tertiary/aromatic N) is 3. The van der Waals surface area contributed by atoms with Gasteiger partial charge in [-0.15, -0.1) is 0 Å². The maximum atomic E-state index is 12.4. The minimum Gasteiger partial charge on any atom is -0.484 e. The molecule has 0 radical (unpaired) electrons. The van der Waals surface area contributed by atoms with E-state index in [9.17, 15) is 9.59 Å². The van der Waals surface area contributed by atoms with E-state index in [-0.39, 0.29) is 18.4 Å². The number of rotatable bonds is 4. The molecule has 1 aromatic carbocycles. The number of benzene rings is 1. The number of hydrogen-bond donors (Lipinski definition) is 1. The molecule has 7 nitrogen and oxygen atoms in total. The molecular weight excluding hydrogens is 320 g/mol. The van der Waals surface area contributed by atoms with Gasteiger partial charge in [-0.1, -0.05) is 18.2 Å². The van der Waals surface area contributed by atoms with Crippen LogP contribution in [0.15, 0.2) is 36.7 Å². The van der Waals surface area contributed by atoms with Crippen molar-refractivity contribution in [2.75, 3.05) is 32.8 Å². The van der Waals surface area contributed by atoms with Gasteiger partial charge in [0, 0.05) is 32.4 Å². The van der Waals surface area contributed by atoms with Gasteiger partial charge in [0.05, 0.1) is 11.8 Å². The molecule has 7 heteroatoms. The number of ether oxygens (including phenoxy) is 1. The van der Waals surface area contributed by atoms with Crippen LogP contribution in [0.5, 0.6) is 5.75 Å². The highest BCUT2D eigenvalue weighted by Crippen LogP contribution is 2.16. The van der Waals surface area contributed by atoms with Crippen molar-refractivity contribution < 1.29 is 14.3 Å². The van der Waals surface area contributed by atoms with E-state index < -0.39 is 0 Å². The molecule has 2 heterocycles. The van der Waals surface area contributed by atoms with Crippen molar-refractivity contribution in [3.63, 3.8) is 0 Å². The van der Waals surface area contributed by atoms with Crippen LogP contribution in [0.4, 0.5) is 0 Å². The van der Waals surface area contributed by atoms with Gasteiger partial charge in [-0.2, -0.15) is 5.10 Å². The van der Waals surface area contributed by atoms with Gasteiger partial charge in [0.1, 0.15) is 5.75 Å². The first-order chi connectivity index (χ1) is 12.1. The Kier molecular flexibility index (Phi) is 5.33. The van der Waals surface area contributed by atoms with Gasteiger partial charge in [0.15, 0.2) is 6.61 Å². The number of carbonyl (C=O) groups is 2. The van der Waals surface area contributed by atoms with E-state index in [0.29, 0.717) is 31.7 Å². The molecule has 0 aliphatic carbocycles. The zero-order valence-corrected chi connectivity index (χ0v) is 14.3. The zero-order valence-electron chi connectivity index (χ0n) is 14.3. The summed E-state index contributed by atoms with van der Waals surface area (Å²) in [5.41, 5.74) is 1.55. The molecule has 1 N–H and O–H groups in total. The molecule has 132 valence electrons. The van der Waals surface area contributed by atoms with Gasteiger partial charge in [0.25, 0.3) is 11.8 Å². The van der Waals surface area contributed by atoms with Gasteiger partial charge >= 0.3 is 0 Å². The normalized spacial score (nSPS) is 14.9. The fraction of sp³-hybridized carbons (Fsp3) is 0.389. The smallest absolute Gasteiger partial charge is 0.260 e. The van der Waals surface area contributed by atoms with Crippen molar-refractivity contribution >= 4 is 11.8 Å². The summed E-state index contributed by atoms with van der Waals surface area (Å²) in [5.74, 6) is 0.613. The summed E-state index contributed by atoms with van der Waals surface area (Å²) < 4.78 is 5.64. The molecule has 2 amide bonds. The summed E-state index contributed by atoms with van der Waals surface area (Å²) in [7, 11) is 0. The molecule has 0 bridgehead atoms. The molecule has 1 aromatic heterocycles. The first-order valence-electron chi connectivity index (χ1n) is 8.39. The van der Waals surface area contributed by atoms with Crippen molar-refractivity contribution in [2.45, 2.75) is 13.3 Å². The van der Waals surface area contributed by atoms with Gasteiger partial charge < -0.3 is 14.5 Å². The molecule has 1 aliphatic heterocycles. The summed E-state index contributed by atoms with van der Waals surface area (Å²) in [6.45, 7) is 4.25. The maximum absolute atomic E-state index is 12.4. The van der Waals surface area contributed by atoms with E-state index in [1.54, 1.807) is 16.0 Å². The number of nitrogens with one attached hydrogen (secondary N) is 1. The fourth-order valence-corrected chi connectivity index (χ4v) is 2.87. The number of amides is 2. The van der Waals surface area contributed by atoms with Crippen LogP contribution in [-0.2, 0) is 4.79 Å². The molecule has 0 unspecified atom stereocenters. The largest absolute Gasteiger partial charge is 0.484 e. The minimum atomic E-state index is -0.0563. The highest BCUT2D eigenvalue weighted by atomic mass is 16.5. The molecule has 1 fully saturated rings. The SMILES string of the molecule is Cc1ccccc1OCC(=O)N1CCCN(C(=O)c2cn[nH]c2)CC1. The Bertz CT molecular complexity index is 730. The zero-order chi connectivity index (χ0) is 17.6. The summed E-state index contributed by atoms with van der Waals surface area (Å²) in [6.07, 6.45) is 3.86. The Hall–Kier alpha value is -2.83. The molecule has 0 spiro atoms. The van der Waals surface area contributed by atoms with Crippen LogP contribution in [0.2, 0.25) is 0 Å². The van der Waals surface area contributed by atoms with Gasteiger partial charge in [-0.3, -0.25) is 14.7 Å². The summed E-state index contributed by atoms with van der Waals surface area (Å²) in [5, 5.41) is 6.46. The first kappa shape index (κ1) is 17.0. The Balaban J connectivity index is 1.53. The van der Waals surface area contributed by atoms with Crippen LogP contribution in [0.1, 0.15) is 22.3 Å². The van der Waals surface area contributed by atoms with Crippen LogP contribution < -0.4 is 4.74 Å². The fourth-order valence-electron chi connectivity index (χ4n) is 2.87. The van der Waals surface area contributed by atoms with Crippen LogP contribution in [0, 0.1) is 6.92 Å². The third kappa shape index (κ3) is 4.17. The number of carbonyl (C=O) groups excluding carboxylic acids is 2. The van der Waals surface area contributed by atoms with E-state index in [0.717, 1.165) is 17.7 Å². The Morgan fingerprint density at radius 3 is 2.68 bits per heavy atom. The predicted octanol–water partition coefficient (Wildman–Crippen LogP) is 1.47. The lowest BCUT2D eigenvalue weighted by atomic mass is 10.2. The molecule has 0 saturated carbocycles. The van der Waals surface area contributed by atoms with Crippen molar-refractivity contribution in [3.05, 3.63) is 47.8 Å². The molecule has 25 heavy (non-hydrogen) atoms. The van der Waals surface area contributed by atoms with Gasteiger partial charge in [-0.25, -0.2) is 0 Å². The summed E-state index contributed by atoms with van der Waals surface area (Å²) in [6, 6.07) is 7.63. The lowest BCUT2D eigenvalue weighted by Crippen LogP contribution is -2.39. The van der Waals surface area contributed by atoms with Crippen LogP contribution >= 0.6 is 0 Å². The van der Waals surface area contributed by atoms with Crippen molar-refractivity contribution in [1.29, 1.82) is 0 Å². The van der Waals surface area contributed by atoms with Gasteiger partial charge in [-0.05, 0) is 25.0 Å². The van der Waals surface area contributed by atoms with E-state index in [4.69, 9.17) is 4.74 Å². The number of aromatic amines is 1. The Morgan fingerprint density at radius 1 is 1.16 bits per heavy atom. The second kappa shape index (κ2) is 7.83. The third-order valence-corrected chi connectivity index (χ3v) is 4.33. The summed E-state index contributed by atoms with van der Waals surface area (Å²) >= 11 is 0. The average molecular weight is 342 g/mol. The molecule has 1 saturated heterocycles. The van der Waals surface area contributed by atoms with Crippen LogP contribution in [0.3, 0.4) is 0 Å². The third-order valence-electron chi connectivity index (χ3n) is 4.33. The average Bonchev–Trinajstić information content (AvgIpc) is 3.04. The van der Waals surface area contributed by atoms with Gasteiger partial charge in [0.2, 0.25) is 0 Å². The number of aryl methyl sites for hydroxylation is 1. The maximum Gasteiger partial charge on any atom is 0.260 e. The minimum absolute atomic E-state index is 0.0144. The highest BCUT2D eigenvalue weighted by molar-refractivity contribution is 5.93.